The summed E-state index contributed by atoms with van der Waals surface area (Å²) < 4.78 is 25.6. The highest BCUT2D eigenvalue weighted by Gasteiger charge is 2.50. The molecule has 0 unspecified atom stereocenters. The Kier molecular flexibility index (Phi) is 8.33. The number of aliphatic hydroxyl groups is 2. The van der Waals surface area contributed by atoms with Gasteiger partial charge in [-0.05, 0) is 105 Å². The van der Waals surface area contributed by atoms with Crippen molar-refractivity contribution in [3.63, 3.8) is 0 Å². The Labute approximate surface area is 218 Å². The minimum Gasteiger partial charge on any atom is -0.393 e. The van der Waals surface area contributed by atoms with E-state index in [9.17, 15) is 18.6 Å². The first-order valence-corrected chi connectivity index (χ1v) is 15.4. The molecule has 3 aliphatic rings. The van der Waals surface area contributed by atoms with Gasteiger partial charge in [0.2, 0.25) is 0 Å². The van der Waals surface area contributed by atoms with E-state index in [1.807, 2.05) is 19.1 Å². The van der Waals surface area contributed by atoms with Gasteiger partial charge in [-0.15, -0.1) is 0 Å². The van der Waals surface area contributed by atoms with Gasteiger partial charge in [0, 0.05) is 6.42 Å². The van der Waals surface area contributed by atoms with Crippen molar-refractivity contribution in [3.8, 4) is 0 Å². The number of fused-ring (bicyclic) bond motifs is 1. The lowest BCUT2D eigenvalue weighted by Gasteiger charge is -2.44. The van der Waals surface area contributed by atoms with Crippen molar-refractivity contribution in [2.45, 2.75) is 95.7 Å². The van der Waals surface area contributed by atoms with Crippen LogP contribution in [0.1, 0.15) is 77.2 Å². The van der Waals surface area contributed by atoms with Crippen molar-refractivity contribution in [1.29, 1.82) is 0 Å². The van der Waals surface area contributed by atoms with E-state index >= 15 is 0 Å². The van der Waals surface area contributed by atoms with Crippen molar-refractivity contribution in [2.75, 3.05) is 5.75 Å². The van der Waals surface area contributed by atoms with Crippen LogP contribution in [-0.2, 0) is 9.84 Å². The van der Waals surface area contributed by atoms with Crippen LogP contribution in [0, 0.1) is 30.1 Å². The minimum atomic E-state index is -3.23. The predicted molar refractivity (Wildman–Crippen MR) is 146 cm³/mol. The summed E-state index contributed by atoms with van der Waals surface area (Å²) in [6, 6.07) is 7.19. The van der Waals surface area contributed by atoms with Crippen molar-refractivity contribution in [3.05, 3.63) is 65.3 Å². The van der Waals surface area contributed by atoms with Crippen LogP contribution in [0.3, 0.4) is 0 Å². The van der Waals surface area contributed by atoms with Crippen molar-refractivity contribution < 1.29 is 18.6 Å². The summed E-state index contributed by atoms with van der Waals surface area (Å²) in [7, 11) is -3.23. The van der Waals surface area contributed by atoms with Crippen LogP contribution in [0.15, 0.2) is 64.6 Å². The zero-order chi connectivity index (χ0) is 26.1. The third-order valence-electron chi connectivity index (χ3n) is 9.44. The van der Waals surface area contributed by atoms with Crippen LogP contribution < -0.4 is 0 Å². The Balaban J connectivity index is 1.40. The summed E-state index contributed by atoms with van der Waals surface area (Å²) in [6.07, 6.45) is 11.7. The molecule has 0 aromatic heterocycles. The first kappa shape index (κ1) is 27.3. The lowest BCUT2D eigenvalue weighted by atomic mass is 9.61. The van der Waals surface area contributed by atoms with E-state index in [2.05, 4.69) is 32.6 Å². The smallest absolute Gasteiger partial charge is 0.178 e. The van der Waals surface area contributed by atoms with Gasteiger partial charge in [0.25, 0.3) is 0 Å². The molecule has 4 nitrogen and oxygen atoms in total. The fourth-order valence-electron chi connectivity index (χ4n) is 7.34. The normalized spacial score (nSPS) is 34.2. The Hall–Kier alpha value is -1.69. The number of sulfone groups is 1. The van der Waals surface area contributed by atoms with Crippen LogP contribution in [-0.4, -0.2) is 36.6 Å². The molecule has 2 N–H and O–H groups in total. The Morgan fingerprint density at radius 1 is 1.17 bits per heavy atom. The lowest BCUT2D eigenvalue weighted by Crippen LogP contribution is -2.36. The van der Waals surface area contributed by atoms with Gasteiger partial charge in [0.15, 0.2) is 9.84 Å². The summed E-state index contributed by atoms with van der Waals surface area (Å²) >= 11 is 0. The summed E-state index contributed by atoms with van der Waals surface area (Å²) in [5, 5.41) is 20.3. The van der Waals surface area contributed by atoms with Crippen LogP contribution in [0.4, 0.5) is 0 Å². The minimum absolute atomic E-state index is 0.216. The van der Waals surface area contributed by atoms with E-state index in [-0.39, 0.29) is 11.2 Å². The Morgan fingerprint density at radius 3 is 2.61 bits per heavy atom. The Morgan fingerprint density at radius 2 is 1.89 bits per heavy atom. The van der Waals surface area contributed by atoms with E-state index in [0.29, 0.717) is 41.9 Å². The number of benzene rings is 1. The first-order valence-electron chi connectivity index (χ1n) is 13.8. The Bertz CT molecular complexity index is 1110. The molecular formula is C31H44O4S. The monoisotopic (exact) mass is 512 g/mol. The average molecular weight is 513 g/mol. The van der Waals surface area contributed by atoms with Crippen molar-refractivity contribution in [1.82, 2.24) is 0 Å². The van der Waals surface area contributed by atoms with Crippen LogP contribution in [0.5, 0.6) is 0 Å². The average Bonchev–Trinajstić information content (AvgIpc) is 3.18. The fourth-order valence-corrected chi connectivity index (χ4v) is 8.67. The second-order valence-corrected chi connectivity index (χ2v) is 14.0. The highest BCUT2D eigenvalue weighted by molar-refractivity contribution is 7.91. The van der Waals surface area contributed by atoms with Gasteiger partial charge in [-0.3, -0.25) is 0 Å². The standard InChI is InChI=1S/C31H44O4S/c1-21-9-13-27(14-10-21)36(34,35)18-6-7-22(2)28-15-16-29-24(8-5-17-31(28,29)4)11-12-25-19-26(32)20-30(33)23(25)3/h9-14,22,26,28-30,32-33H,3,5-8,15-20H2,1-2,4H3/b24-11+,25-12-/t22-,26-,28-,29+,30+,31-/m1/s1. The van der Waals surface area contributed by atoms with Crippen molar-refractivity contribution >= 4 is 9.84 Å². The summed E-state index contributed by atoms with van der Waals surface area (Å²) in [6.45, 7) is 10.8. The van der Waals surface area contributed by atoms with Crippen LogP contribution in [0.25, 0.3) is 0 Å². The summed E-state index contributed by atoms with van der Waals surface area (Å²) in [5.74, 6) is 1.87. The molecule has 4 rings (SSSR count). The first-order chi connectivity index (χ1) is 17.0. The second-order valence-electron chi connectivity index (χ2n) is 11.9. The van der Waals surface area contributed by atoms with Gasteiger partial charge < -0.3 is 10.2 Å². The molecule has 0 amide bonds. The molecule has 1 aromatic rings. The van der Waals surface area contributed by atoms with Crippen LogP contribution >= 0.6 is 0 Å². The molecule has 0 bridgehead atoms. The topological polar surface area (TPSA) is 74.6 Å². The van der Waals surface area contributed by atoms with Gasteiger partial charge in [-0.25, -0.2) is 8.42 Å². The number of hydrogen-bond acceptors (Lipinski definition) is 4. The number of aryl methyl sites for hydroxylation is 1. The van der Waals surface area contributed by atoms with Crippen molar-refractivity contribution in [2.24, 2.45) is 23.2 Å². The molecule has 5 heteroatoms. The molecule has 0 heterocycles. The number of allylic oxidation sites excluding steroid dienone is 3. The highest BCUT2D eigenvalue weighted by atomic mass is 32.2. The summed E-state index contributed by atoms with van der Waals surface area (Å²) in [4.78, 5) is 0.436. The molecule has 3 fully saturated rings. The van der Waals surface area contributed by atoms with Gasteiger partial charge in [0.1, 0.15) is 0 Å². The third-order valence-corrected chi connectivity index (χ3v) is 11.3. The molecule has 1 aromatic carbocycles. The molecule has 0 spiro atoms. The van der Waals surface area contributed by atoms with Gasteiger partial charge >= 0.3 is 0 Å². The van der Waals surface area contributed by atoms with Gasteiger partial charge in [-0.2, -0.15) is 0 Å². The lowest BCUT2D eigenvalue weighted by molar-refractivity contribution is 0.0861. The number of hydrogen-bond donors (Lipinski definition) is 2. The van der Waals surface area contributed by atoms with E-state index in [4.69, 9.17) is 0 Å². The molecule has 6 atom stereocenters. The number of rotatable bonds is 7. The SMILES string of the molecule is C=C1/C(=C\C=C2/CCC[C@]3(C)[C@@H]([C@H](C)CCCS(=O)(=O)c4ccc(C)cc4)CC[C@@H]23)C[C@@H](O)C[C@@H]1O. The summed E-state index contributed by atoms with van der Waals surface area (Å²) in [5.41, 5.74) is 4.53. The third kappa shape index (κ3) is 5.74. The molecule has 0 aliphatic heterocycles. The predicted octanol–water partition coefficient (Wildman–Crippen LogP) is 6.33. The van der Waals surface area contributed by atoms with E-state index < -0.39 is 22.0 Å². The van der Waals surface area contributed by atoms with Gasteiger partial charge in [-0.1, -0.05) is 55.8 Å². The zero-order valence-electron chi connectivity index (χ0n) is 22.2. The molecule has 3 saturated carbocycles. The second kappa shape index (κ2) is 11.0. The van der Waals surface area contributed by atoms with E-state index in [0.717, 1.165) is 29.6 Å². The molecule has 0 saturated heterocycles. The maximum absolute atomic E-state index is 12.8. The molecule has 3 aliphatic carbocycles. The fraction of sp³-hybridized carbons (Fsp3) is 0.613. The van der Waals surface area contributed by atoms with Crippen LogP contribution in [0.2, 0.25) is 0 Å². The quantitative estimate of drug-likeness (QED) is 0.448. The zero-order valence-corrected chi connectivity index (χ0v) is 23.1. The largest absolute Gasteiger partial charge is 0.393 e. The number of aliphatic hydroxyl groups excluding tert-OH is 2. The highest BCUT2D eigenvalue weighted by Crippen LogP contribution is 2.59. The van der Waals surface area contributed by atoms with E-state index in [1.54, 1.807) is 12.1 Å². The van der Waals surface area contributed by atoms with Gasteiger partial charge in [0.05, 0.1) is 22.9 Å². The molecule has 36 heavy (non-hydrogen) atoms. The molecule has 0 radical (unpaired) electrons. The maximum Gasteiger partial charge on any atom is 0.178 e. The maximum atomic E-state index is 12.8. The molecular weight excluding hydrogens is 468 g/mol. The molecule has 198 valence electrons. The van der Waals surface area contributed by atoms with E-state index in [1.165, 1.54) is 31.3 Å².